The molecule has 0 aliphatic carbocycles. The van der Waals surface area contributed by atoms with Crippen molar-refractivity contribution in [2.24, 2.45) is 5.41 Å². The van der Waals surface area contributed by atoms with Gasteiger partial charge in [0.2, 0.25) is 11.8 Å². The van der Waals surface area contributed by atoms with Crippen LogP contribution in [0.15, 0.2) is 18.2 Å². The molecule has 0 unspecified atom stereocenters. The Balaban J connectivity index is 1.29. The normalized spacial score (nSPS) is 26.6. The van der Waals surface area contributed by atoms with Crippen molar-refractivity contribution in [1.29, 1.82) is 0 Å². The van der Waals surface area contributed by atoms with Crippen LogP contribution in [0.1, 0.15) is 54.4 Å². The zero-order valence-electron chi connectivity index (χ0n) is 16.7. The van der Waals surface area contributed by atoms with Gasteiger partial charge < -0.3 is 15.1 Å². The molecule has 2 N–H and O–H groups in total. The van der Waals surface area contributed by atoms with Crippen LogP contribution >= 0.6 is 0 Å². The van der Waals surface area contributed by atoms with Gasteiger partial charge in [0.25, 0.3) is 5.91 Å². The molecule has 4 aliphatic rings. The predicted octanol–water partition coefficient (Wildman–Crippen LogP) is 1.42. The quantitative estimate of drug-likeness (QED) is 0.739. The number of imide groups is 1. The van der Waals surface area contributed by atoms with Crippen LogP contribution in [-0.4, -0.2) is 54.8 Å². The van der Waals surface area contributed by atoms with E-state index in [2.05, 4.69) is 21.6 Å². The fourth-order valence-electron chi connectivity index (χ4n) is 5.44. The Bertz CT molecular complexity index is 852. The zero-order valence-corrected chi connectivity index (χ0v) is 16.7. The summed E-state index contributed by atoms with van der Waals surface area (Å²) in [5.41, 5.74) is 3.27. The molecule has 29 heavy (non-hydrogen) atoms. The molecule has 3 amide bonds. The van der Waals surface area contributed by atoms with Crippen LogP contribution in [-0.2, 0) is 16.1 Å². The molecule has 154 valence electrons. The highest BCUT2D eigenvalue weighted by Gasteiger charge is 2.40. The van der Waals surface area contributed by atoms with E-state index in [4.69, 9.17) is 0 Å². The number of hydrogen-bond acceptors (Lipinski definition) is 5. The summed E-state index contributed by atoms with van der Waals surface area (Å²) >= 11 is 0. The highest BCUT2D eigenvalue weighted by Crippen LogP contribution is 2.41. The summed E-state index contributed by atoms with van der Waals surface area (Å²) in [4.78, 5) is 40.7. The maximum Gasteiger partial charge on any atom is 0.255 e. The number of piperidine rings is 3. The minimum atomic E-state index is -0.550. The lowest BCUT2D eigenvalue weighted by molar-refractivity contribution is -0.136. The van der Waals surface area contributed by atoms with Gasteiger partial charge in [0, 0.05) is 37.3 Å². The Kier molecular flexibility index (Phi) is 4.57. The van der Waals surface area contributed by atoms with E-state index in [1.165, 1.54) is 25.7 Å². The average molecular weight is 396 g/mol. The van der Waals surface area contributed by atoms with Crippen LogP contribution in [0.4, 0.5) is 5.69 Å². The van der Waals surface area contributed by atoms with Crippen molar-refractivity contribution in [3.05, 3.63) is 29.3 Å². The van der Waals surface area contributed by atoms with E-state index in [1.54, 1.807) is 4.90 Å². The Morgan fingerprint density at radius 3 is 2.48 bits per heavy atom. The summed E-state index contributed by atoms with van der Waals surface area (Å²) in [7, 11) is 0. The molecule has 0 bridgehead atoms. The predicted molar refractivity (Wildman–Crippen MR) is 108 cm³/mol. The second-order valence-corrected chi connectivity index (χ2v) is 8.98. The van der Waals surface area contributed by atoms with Crippen molar-refractivity contribution in [2.45, 2.75) is 51.1 Å². The number of carbonyl (C=O) groups is 3. The Labute approximate surface area is 170 Å². The third-order valence-corrected chi connectivity index (χ3v) is 7.37. The molecule has 0 aromatic heterocycles. The number of nitrogens with one attached hydrogen (secondary N) is 2. The smallest absolute Gasteiger partial charge is 0.255 e. The van der Waals surface area contributed by atoms with Crippen molar-refractivity contribution in [1.82, 2.24) is 15.5 Å². The summed E-state index contributed by atoms with van der Waals surface area (Å²) < 4.78 is 0. The molecule has 1 atom stereocenters. The van der Waals surface area contributed by atoms with E-state index in [0.29, 0.717) is 23.9 Å². The first kappa shape index (κ1) is 18.6. The number of anilines is 1. The SMILES string of the molecule is O=C1CC[C@@H](N2Cc3ccc(N4CCC5(CCNCC5)CC4)cc3C2=O)C(=O)N1. The monoisotopic (exact) mass is 396 g/mol. The molecule has 1 aromatic carbocycles. The van der Waals surface area contributed by atoms with Crippen molar-refractivity contribution in [2.75, 3.05) is 31.1 Å². The lowest BCUT2D eigenvalue weighted by atomic mass is 9.71. The molecule has 3 saturated heterocycles. The van der Waals surface area contributed by atoms with Crippen LogP contribution < -0.4 is 15.5 Å². The maximum absolute atomic E-state index is 13.0. The lowest BCUT2D eigenvalue weighted by Gasteiger charge is -2.45. The molecule has 7 heteroatoms. The van der Waals surface area contributed by atoms with Crippen LogP contribution in [0.3, 0.4) is 0 Å². The summed E-state index contributed by atoms with van der Waals surface area (Å²) in [6.45, 7) is 4.76. The van der Waals surface area contributed by atoms with Crippen molar-refractivity contribution >= 4 is 23.4 Å². The summed E-state index contributed by atoms with van der Waals surface area (Å²) in [5.74, 6) is -0.705. The van der Waals surface area contributed by atoms with Gasteiger partial charge in [0.05, 0.1) is 0 Å². The third kappa shape index (κ3) is 3.31. The molecule has 1 aromatic rings. The molecule has 1 spiro atoms. The molecular weight excluding hydrogens is 368 g/mol. The zero-order chi connectivity index (χ0) is 20.0. The largest absolute Gasteiger partial charge is 0.371 e. The van der Waals surface area contributed by atoms with Crippen molar-refractivity contribution < 1.29 is 14.4 Å². The van der Waals surface area contributed by atoms with E-state index in [9.17, 15) is 14.4 Å². The van der Waals surface area contributed by atoms with Crippen LogP contribution in [0.5, 0.6) is 0 Å². The number of fused-ring (bicyclic) bond motifs is 1. The van der Waals surface area contributed by atoms with Crippen LogP contribution in [0, 0.1) is 5.41 Å². The number of rotatable bonds is 2. The van der Waals surface area contributed by atoms with Gasteiger partial charge in [-0.1, -0.05) is 6.07 Å². The number of benzene rings is 1. The first-order valence-corrected chi connectivity index (χ1v) is 10.8. The topological polar surface area (TPSA) is 81.8 Å². The average Bonchev–Trinajstić information content (AvgIpc) is 3.05. The van der Waals surface area contributed by atoms with Crippen LogP contribution in [0.25, 0.3) is 0 Å². The second-order valence-electron chi connectivity index (χ2n) is 8.98. The molecule has 0 saturated carbocycles. The van der Waals surface area contributed by atoms with Gasteiger partial charge in [-0.05, 0) is 68.3 Å². The van der Waals surface area contributed by atoms with Crippen LogP contribution in [0.2, 0.25) is 0 Å². The van der Waals surface area contributed by atoms with Gasteiger partial charge in [-0.15, -0.1) is 0 Å². The fraction of sp³-hybridized carbons (Fsp3) is 0.591. The van der Waals surface area contributed by atoms with Gasteiger partial charge in [-0.25, -0.2) is 0 Å². The standard InChI is InChI=1S/C22H28N4O3/c27-19-4-3-18(20(28)24-19)26-14-15-1-2-16(13-17(15)21(26)29)25-11-7-22(8-12-25)5-9-23-10-6-22/h1-2,13,18,23H,3-12,14H2,(H,24,27,28)/t18-/m1/s1. The lowest BCUT2D eigenvalue weighted by Crippen LogP contribution is -2.52. The first-order valence-electron chi connectivity index (χ1n) is 10.8. The minimum Gasteiger partial charge on any atom is -0.371 e. The highest BCUT2D eigenvalue weighted by molar-refractivity contribution is 6.05. The summed E-state index contributed by atoms with van der Waals surface area (Å²) in [6.07, 6.45) is 5.65. The van der Waals surface area contributed by atoms with E-state index < -0.39 is 6.04 Å². The molecule has 0 radical (unpaired) electrons. The Morgan fingerprint density at radius 2 is 1.76 bits per heavy atom. The first-order chi connectivity index (χ1) is 14.0. The maximum atomic E-state index is 13.0. The third-order valence-electron chi connectivity index (χ3n) is 7.37. The summed E-state index contributed by atoms with van der Waals surface area (Å²) in [6, 6.07) is 5.60. The van der Waals surface area contributed by atoms with Gasteiger partial charge in [0.1, 0.15) is 6.04 Å². The Hall–Kier alpha value is -2.41. The van der Waals surface area contributed by atoms with Gasteiger partial charge in [-0.3, -0.25) is 19.7 Å². The number of amides is 3. The minimum absolute atomic E-state index is 0.0943. The van der Waals surface area contributed by atoms with Gasteiger partial charge in [0.15, 0.2) is 0 Å². The van der Waals surface area contributed by atoms with E-state index in [1.807, 2.05) is 12.1 Å². The van der Waals surface area contributed by atoms with Gasteiger partial charge >= 0.3 is 0 Å². The second kappa shape index (κ2) is 7.13. The Morgan fingerprint density at radius 1 is 1.00 bits per heavy atom. The van der Waals surface area contributed by atoms with E-state index in [0.717, 1.165) is 37.4 Å². The van der Waals surface area contributed by atoms with E-state index in [-0.39, 0.29) is 24.1 Å². The van der Waals surface area contributed by atoms with Crippen molar-refractivity contribution in [3.8, 4) is 0 Å². The molecule has 7 nitrogen and oxygen atoms in total. The molecule has 5 rings (SSSR count). The molecular formula is C22H28N4O3. The van der Waals surface area contributed by atoms with Crippen molar-refractivity contribution in [3.63, 3.8) is 0 Å². The number of nitrogens with zero attached hydrogens (tertiary/aromatic N) is 2. The number of hydrogen-bond donors (Lipinski definition) is 2. The molecule has 4 aliphatic heterocycles. The fourth-order valence-corrected chi connectivity index (χ4v) is 5.44. The molecule has 3 fully saturated rings. The molecule has 4 heterocycles. The van der Waals surface area contributed by atoms with E-state index >= 15 is 0 Å². The summed E-state index contributed by atoms with van der Waals surface area (Å²) in [5, 5.41) is 5.83. The van der Waals surface area contributed by atoms with Gasteiger partial charge in [-0.2, -0.15) is 0 Å². The highest BCUT2D eigenvalue weighted by atomic mass is 16.2. The number of carbonyl (C=O) groups excluding carboxylic acids is 3.